The van der Waals surface area contributed by atoms with Crippen molar-refractivity contribution < 1.29 is 4.42 Å². The number of hydrogen-bond acceptors (Lipinski definition) is 3. The molecule has 2 aliphatic heterocycles. The predicted molar refractivity (Wildman–Crippen MR) is 312 cm³/mol. The van der Waals surface area contributed by atoms with Crippen LogP contribution in [0.4, 0.5) is 34.3 Å². The highest BCUT2D eigenvalue weighted by molar-refractivity contribution is 7.01. The predicted octanol–water partition coefficient (Wildman–Crippen LogP) is 17.1. The largest absolute Gasteiger partial charge is 0.440 e. The van der Waals surface area contributed by atoms with Crippen LogP contribution in [0.2, 0.25) is 0 Å². The highest BCUT2D eigenvalue weighted by Gasteiger charge is 2.55. The molecule has 1 fully saturated rings. The third-order valence-electron chi connectivity index (χ3n) is 20.5. The summed E-state index contributed by atoms with van der Waals surface area (Å²) in [4.78, 5) is 5.31. The molecule has 4 aliphatic carbocycles. The second-order valence-corrected chi connectivity index (χ2v) is 28.8. The second kappa shape index (κ2) is 14.7. The standard InChI is InChI=1S/C69H79BN2O/c1-39-28-41(3)59(42(4)29-39)43-31-56-61-57(32-43)72(54-21-18-44(30-40(54)2)63(5,6)7)55-36-50-49(66(12,13)24-25-67(50,14)15)35-53(55)70(61)60-46-34-51-52(69(17)27-26-68(51,16)38-69)37-58(46)73-62(60)71(56)45-19-20-47-48(33-45)65(10,11)23-22-64(47,8)9/h18-21,28-37H,22-27,38H2,1-17H3. The molecule has 1 aromatic heterocycles. The van der Waals surface area contributed by atoms with Gasteiger partial charge in [-0.15, -0.1) is 0 Å². The van der Waals surface area contributed by atoms with Crippen molar-refractivity contribution in [2.24, 2.45) is 0 Å². The number of nitrogens with zero attached hydrogens (tertiary/aromatic N) is 2. The molecular formula is C69H79BN2O. The van der Waals surface area contributed by atoms with Crippen molar-refractivity contribution in [1.29, 1.82) is 0 Å². The Balaban J connectivity index is 1.21. The van der Waals surface area contributed by atoms with E-state index in [0.29, 0.717) is 0 Å². The van der Waals surface area contributed by atoms with Crippen molar-refractivity contribution in [3.63, 3.8) is 0 Å². The minimum Gasteiger partial charge on any atom is -0.440 e. The fourth-order valence-corrected chi connectivity index (χ4v) is 16.1. The lowest BCUT2D eigenvalue weighted by atomic mass is 9.33. The van der Waals surface area contributed by atoms with Crippen LogP contribution in [-0.2, 0) is 37.9 Å². The van der Waals surface area contributed by atoms with Crippen LogP contribution in [0.3, 0.4) is 0 Å². The normalized spacial score (nSPS) is 23.2. The molecule has 0 amide bonds. The lowest BCUT2D eigenvalue weighted by Crippen LogP contribution is -2.61. The molecule has 2 unspecified atom stereocenters. The number of rotatable bonds is 3. The molecule has 0 saturated heterocycles. The summed E-state index contributed by atoms with van der Waals surface area (Å²) in [6, 6.07) is 35.2. The molecule has 2 bridgehead atoms. The van der Waals surface area contributed by atoms with Gasteiger partial charge >= 0.3 is 0 Å². The fraction of sp³-hybridized carbons (Fsp3) is 0.449. The molecule has 2 atom stereocenters. The Hall–Kier alpha value is -5.48. The maximum Gasteiger partial charge on any atom is 0.257 e. The van der Waals surface area contributed by atoms with Crippen LogP contribution in [0, 0.1) is 27.7 Å². The van der Waals surface area contributed by atoms with Gasteiger partial charge in [0.15, 0.2) is 0 Å². The van der Waals surface area contributed by atoms with Gasteiger partial charge in [-0.2, -0.15) is 0 Å². The minimum atomic E-state index is -0.0636. The zero-order valence-corrected chi connectivity index (χ0v) is 47.4. The van der Waals surface area contributed by atoms with Crippen molar-refractivity contribution in [1.82, 2.24) is 0 Å². The van der Waals surface area contributed by atoms with Gasteiger partial charge < -0.3 is 9.32 Å². The van der Waals surface area contributed by atoms with E-state index in [1.165, 1.54) is 143 Å². The third kappa shape index (κ3) is 6.56. The number of anilines is 6. The smallest absolute Gasteiger partial charge is 0.257 e. The van der Waals surface area contributed by atoms with E-state index in [1.807, 2.05) is 0 Å². The molecule has 73 heavy (non-hydrogen) atoms. The van der Waals surface area contributed by atoms with Crippen LogP contribution in [0.15, 0.2) is 89.3 Å². The first kappa shape index (κ1) is 47.3. The van der Waals surface area contributed by atoms with Gasteiger partial charge in [0.25, 0.3) is 6.71 Å². The van der Waals surface area contributed by atoms with Gasteiger partial charge in [0, 0.05) is 39.3 Å². The molecule has 3 heterocycles. The SMILES string of the molecule is Cc1cc(C)c(-c2cc3c4c(c2)N(c2ccc5c(c2)C(C)(C)CCC5(C)C)c2oc5cc6c(cc5c2B4c2cc4c(cc2N3c2ccc(C(C)(C)C)cc2C)C(C)(C)CCC4(C)C)C2(C)CCC6(C)C2)c(C)c1. The minimum absolute atomic E-state index is 0.0223. The van der Waals surface area contributed by atoms with Crippen molar-refractivity contribution >= 4 is 68.4 Å². The van der Waals surface area contributed by atoms with E-state index in [9.17, 15) is 0 Å². The number of hydrogen-bond donors (Lipinski definition) is 0. The van der Waals surface area contributed by atoms with Gasteiger partial charge in [0.1, 0.15) is 5.58 Å². The molecule has 0 spiro atoms. The average molecular weight is 963 g/mol. The Bertz CT molecular complexity index is 3560. The van der Waals surface area contributed by atoms with E-state index in [1.54, 1.807) is 5.56 Å². The molecule has 6 aromatic carbocycles. The Labute approximate surface area is 438 Å². The average Bonchev–Trinajstić information content (AvgIpc) is 3.91. The topological polar surface area (TPSA) is 19.6 Å². The Morgan fingerprint density at radius 2 is 1.04 bits per heavy atom. The second-order valence-electron chi connectivity index (χ2n) is 28.8. The summed E-state index contributed by atoms with van der Waals surface area (Å²) in [5.74, 6) is 0.981. The maximum absolute atomic E-state index is 7.76. The molecular weight excluding hydrogens is 884 g/mol. The lowest BCUT2D eigenvalue weighted by molar-refractivity contribution is 0.332. The monoisotopic (exact) mass is 963 g/mol. The summed E-state index contributed by atoms with van der Waals surface area (Å²) < 4.78 is 7.76. The van der Waals surface area contributed by atoms with Crippen molar-refractivity contribution in [3.05, 3.63) is 146 Å². The van der Waals surface area contributed by atoms with Gasteiger partial charge in [-0.05, 0) is 237 Å². The summed E-state index contributed by atoms with van der Waals surface area (Å²) in [5.41, 5.74) is 30.0. The summed E-state index contributed by atoms with van der Waals surface area (Å²) >= 11 is 0. The van der Waals surface area contributed by atoms with Gasteiger partial charge in [-0.3, -0.25) is 4.90 Å². The van der Waals surface area contributed by atoms with Gasteiger partial charge in [-0.1, -0.05) is 132 Å². The summed E-state index contributed by atoms with van der Waals surface area (Å²) in [7, 11) is 0. The maximum atomic E-state index is 7.76. The number of aryl methyl sites for hydroxylation is 4. The van der Waals surface area contributed by atoms with Gasteiger partial charge in [0.2, 0.25) is 5.88 Å². The van der Waals surface area contributed by atoms with Crippen LogP contribution in [0.5, 0.6) is 0 Å². The number of fused-ring (bicyclic) bond motifs is 13. The van der Waals surface area contributed by atoms with Crippen LogP contribution in [0.1, 0.15) is 196 Å². The molecule has 0 radical (unpaired) electrons. The summed E-state index contributed by atoms with van der Waals surface area (Å²) in [6.45, 7) is 41.1. The molecule has 4 heteroatoms. The Morgan fingerprint density at radius 1 is 0.479 bits per heavy atom. The molecule has 374 valence electrons. The molecule has 13 rings (SSSR count). The Kier molecular flexibility index (Phi) is 9.50. The first-order valence-electron chi connectivity index (χ1n) is 28.0. The lowest BCUT2D eigenvalue weighted by Gasteiger charge is -2.47. The van der Waals surface area contributed by atoms with E-state index in [-0.39, 0.29) is 44.6 Å². The third-order valence-corrected chi connectivity index (χ3v) is 20.5. The molecule has 3 nitrogen and oxygen atoms in total. The number of furan rings is 1. The summed E-state index contributed by atoms with van der Waals surface area (Å²) in [5, 5.41) is 1.29. The highest BCUT2D eigenvalue weighted by Crippen LogP contribution is 2.62. The first-order chi connectivity index (χ1) is 34.1. The van der Waals surface area contributed by atoms with E-state index >= 15 is 0 Å². The highest BCUT2D eigenvalue weighted by atomic mass is 16.4. The van der Waals surface area contributed by atoms with E-state index in [0.717, 1.165) is 30.7 Å². The summed E-state index contributed by atoms with van der Waals surface area (Å²) in [6.07, 6.45) is 8.37. The number of benzene rings is 6. The van der Waals surface area contributed by atoms with E-state index in [4.69, 9.17) is 4.42 Å². The van der Waals surface area contributed by atoms with Crippen molar-refractivity contribution in [2.45, 2.75) is 201 Å². The molecule has 6 aliphatic rings. The van der Waals surface area contributed by atoms with Crippen LogP contribution < -0.4 is 26.2 Å². The van der Waals surface area contributed by atoms with Crippen LogP contribution in [0.25, 0.3) is 22.1 Å². The van der Waals surface area contributed by atoms with Crippen molar-refractivity contribution in [2.75, 3.05) is 9.80 Å². The van der Waals surface area contributed by atoms with Crippen LogP contribution >= 0.6 is 0 Å². The van der Waals surface area contributed by atoms with E-state index in [2.05, 4.69) is 212 Å². The van der Waals surface area contributed by atoms with Crippen molar-refractivity contribution in [3.8, 4) is 11.1 Å². The molecule has 1 saturated carbocycles. The van der Waals surface area contributed by atoms with Gasteiger partial charge in [-0.25, -0.2) is 0 Å². The molecule has 0 N–H and O–H groups in total. The first-order valence-corrected chi connectivity index (χ1v) is 28.0. The zero-order valence-electron chi connectivity index (χ0n) is 47.4. The Morgan fingerprint density at radius 3 is 1.64 bits per heavy atom. The van der Waals surface area contributed by atoms with E-state index < -0.39 is 0 Å². The van der Waals surface area contributed by atoms with Gasteiger partial charge in [0.05, 0.1) is 0 Å². The van der Waals surface area contributed by atoms with Crippen LogP contribution in [-0.4, -0.2) is 6.71 Å². The fourth-order valence-electron chi connectivity index (χ4n) is 16.1. The quantitative estimate of drug-likeness (QED) is 0.165. The molecule has 7 aromatic rings. The zero-order chi connectivity index (χ0) is 51.6.